The Hall–Kier alpha value is -1.03. The highest BCUT2D eigenvalue weighted by molar-refractivity contribution is 14.0. The number of rotatable bonds is 3. The van der Waals surface area contributed by atoms with Crippen LogP contribution in [-0.2, 0) is 16.3 Å². The smallest absolute Gasteiger partial charge is 0.381 e. The molecule has 28 heavy (non-hydrogen) atoms. The fourth-order valence-corrected chi connectivity index (χ4v) is 3.94. The number of ether oxygens (including phenoxy) is 1. The van der Waals surface area contributed by atoms with Gasteiger partial charge in [0.05, 0.1) is 12.2 Å². The van der Waals surface area contributed by atoms with Crippen molar-refractivity contribution < 1.29 is 17.9 Å². The van der Waals surface area contributed by atoms with Gasteiger partial charge in [0.15, 0.2) is 5.96 Å². The highest BCUT2D eigenvalue weighted by Gasteiger charge is 2.42. The van der Waals surface area contributed by atoms with Crippen molar-refractivity contribution in [1.29, 1.82) is 0 Å². The van der Waals surface area contributed by atoms with Crippen LogP contribution in [0.4, 0.5) is 13.2 Å². The molecular weight excluding hydrogens is 482 g/mol. The second kappa shape index (κ2) is 8.77. The summed E-state index contributed by atoms with van der Waals surface area (Å²) in [5, 5.41) is 3.37. The van der Waals surface area contributed by atoms with E-state index in [9.17, 15) is 13.2 Å². The monoisotopic (exact) mass is 511 g/mol. The Morgan fingerprint density at radius 3 is 2.57 bits per heavy atom. The molecule has 1 N–H and O–H groups in total. The third-order valence-corrected chi connectivity index (χ3v) is 5.79. The van der Waals surface area contributed by atoms with Crippen LogP contribution < -0.4 is 5.32 Å². The molecule has 0 aromatic heterocycles. The van der Waals surface area contributed by atoms with Crippen LogP contribution in [0.3, 0.4) is 0 Å². The van der Waals surface area contributed by atoms with Crippen molar-refractivity contribution in [2.24, 2.45) is 10.4 Å². The van der Waals surface area contributed by atoms with Crippen LogP contribution in [0.25, 0.3) is 0 Å². The van der Waals surface area contributed by atoms with E-state index in [0.29, 0.717) is 12.1 Å². The molecule has 0 amide bonds. The normalized spacial score (nSPS) is 23.2. The molecule has 4 nitrogen and oxygen atoms in total. The number of guanidine groups is 1. The lowest BCUT2D eigenvalue weighted by Gasteiger charge is -2.30. The van der Waals surface area contributed by atoms with Crippen molar-refractivity contribution >= 4 is 29.9 Å². The average molecular weight is 511 g/mol. The molecule has 1 unspecified atom stereocenters. The molecule has 8 heteroatoms. The van der Waals surface area contributed by atoms with Gasteiger partial charge in [-0.25, -0.2) is 0 Å². The predicted molar refractivity (Wildman–Crippen MR) is 115 cm³/mol. The van der Waals surface area contributed by atoms with Crippen molar-refractivity contribution in [3.05, 3.63) is 35.4 Å². The van der Waals surface area contributed by atoms with E-state index in [1.54, 1.807) is 13.1 Å². The van der Waals surface area contributed by atoms with Gasteiger partial charge < -0.3 is 15.0 Å². The Labute approximate surface area is 181 Å². The van der Waals surface area contributed by atoms with Gasteiger partial charge in [-0.2, -0.15) is 13.2 Å². The molecule has 0 radical (unpaired) electrons. The minimum Gasteiger partial charge on any atom is -0.381 e. The van der Waals surface area contributed by atoms with E-state index < -0.39 is 17.2 Å². The minimum atomic E-state index is -4.33. The lowest BCUT2D eigenvalue weighted by molar-refractivity contribution is -0.137. The molecule has 1 atom stereocenters. The molecule has 1 spiro atoms. The summed E-state index contributed by atoms with van der Waals surface area (Å²) in [6.45, 7) is 7.85. The second-order valence-electron chi connectivity index (χ2n) is 8.34. The van der Waals surface area contributed by atoms with Gasteiger partial charge in [-0.3, -0.25) is 4.99 Å². The third-order valence-electron chi connectivity index (χ3n) is 5.79. The lowest BCUT2D eigenvalue weighted by Crippen LogP contribution is -2.45. The highest BCUT2D eigenvalue weighted by Crippen LogP contribution is 2.38. The van der Waals surface area contributed by atoms with E-state index in [-0.39, 0.29) is 29.4 Å². The third kappa shape index (κ3) is 5.11. The second-order valence-corrected chi connectivity index (χ2v) is 8.34. The summed E-state index contributed by atoms with van der Waals surface area (Å²) in [5.74, 6) is 0.804. The molecule has 0 bridgehead atoms. The van der Waals surface area contributed by atoms with Crippen LogP contribution in [0, 0.1) is 5.41 Å². The molecule has 3 rings (SSSR count). The summed E-state index contributed by atoms with van der Waals surface area (Å²) < 4.78 is 44.6. The molecule has 1 aromatic rings. The zero-order valence-corrected chi connectivity index (χ0v) is 18.9. The number of halogens is 4. The van der Waals surface area contributed by atoms with Gasteiger partial charge in [0.2, 0.25) is 0 Å². The van der Waals surface area contributed by atoms with Gasteiger partial charge in [-0.15, -0.1) is 24.0 Å². The molecule has 0 aliphatic carbocycles. The van der Waals surface area contributed by atoms with Crippen LogP contribution in [0.5, 0.6) is 0 Å². The molecule has 0 saturated carbocycles. The van der Waals surface area contributed by atoms with E-state index in [1.807, 2.05) is 13.8 Å². The first-order chi connectivity index (χ1) is 12.7. The van der Waals surface area contributed by atoms with Crippen molar-refractivity contribution in [2.45, 2.75) is 38.3 Å². The van der Waals surface area contributed by atoms with Gasteiger partial charge in [0, 0.05) is 44.1 Å². The lowest BCUT2D eigenvalue weighted by atomic mass is 9.84. The van der Waals surface area contributed by atoms with Crippen LogP contribution in [0.15, 0.2) is 29.3 Å². The summed E-state index contributed by atoms with van der Waals surface area (Å²) in [5.41, 5.74) is -0.193. The molecule has 2 fully saturated rings. The fraction of sp³-hybridized carbons (Fsp3) is 0.650. The number of aliphatic imine (C=N–C) groups is 1. The van der Waals surface area contributed by atoms with Gasteiger partial charge >= 0.3 is 6.18 Å². The maximum absolute atomic E-state index is 13.0. The summed E-state index contributed by atoms with van der Waals surface area (Å²) in [7, 11) is 1.75. The Kier molecular flexibility index (Phi) is 7.28. The number of benzene rings is 1. The summed E-state index contributed by atoms with van der Waals surface area (Å²) >= 11 is 0. The van der Waals surface area contributed by atoms with Crippen LogP contribution >= 0.6 is 24.0 Å². The number of alkyl halides is 3. The highest BCUT2D eigenvalue weighted by atomic mass is 127. The standard InChI is InChI=1S/C20H28F3N3O.HI/c1-18(2,15-5-4-6-16(11-15)20(21,22)23)12-25-17(24-3)26-9-7-19(13-26)8-10-27-14-19;/h4-6,11H,7-10,12-14H2,1-3H3,(H,24,25);1H. The Bertz CT molecular complexity index is 700. The zero-order valence-electron chi connectivity index (χ0n) is 16.6. The molecule has 2 aliphatic rings. The number of likely N-dealkylation sites (tertiary alicyclic amines) is 1. The van der Waals surface area contributed by atoms with E-state index in [2.05, 4.69) is 15.2 Å². The van der Waals surface area contributed by atoms with Gasteiger partial charge in [-0.05, 0) is 24.5 Å². The number of nitrogens with zero attached hydrogens (tertiary/aromatic N) is 2. The first-order valence-electron chi connectivity index (χ1n) is 9.36. The van der Waals surface area contributed by atoms with E-state index in [0.717, 1.165) is 51.2 Å². The average Bonchev–Trinajstić information content (AvgIpc) is 3.25. The quantitative estimate of drug-likeness (QED) is 0.374. The first-order valence-corrected chi connectivity index (χ1v) is 9.36. The molecule has 158 valence electrons. The van der Waals surface area contributed by atoms with E-state index in [1.165, 1.54) is 12.1 Å². The number of nitrogens with one attached hydrogen (secondary N) is 1. The molecular formula is C20H29F3IN3O. The molecule has 2 saturated heterocycles. The molecule has 2 heterocycles. The van der Waals surface area contributed by atoms with E-state index in [4.69, 9.17) is 4.74 Å². The first kappa shape index (κ1) is 23.3. The summed E-state index contributed by atoms with van der Waals surface area (Å²) in [4.78, 5) is 6.62. The van der Waals surface area contributed by atoms with Crippen LogP contribution in [-0.4, -0.2) is 50.8 Å². The predicted octanol–water partition coefficient (Wildman–Crippen LogP) is 4.29. The summed E-state index contributed by atoms with van der Waals surface area (Å²) in [6, 6.07) is 5.57. The van der Waals surface area contributed by atoms with Crippen LogP contribution in [0.1, 0.15) is 37.8 Å². The fourth-order valence-electron chi connectivity index (χ4n) is 3.94. The van der Waals surface area contributed by atoms with Crippen LogP contribution in [0.2, 0.25) is 0 Å². The zero-order chi connectivity index (χ0) is 19.7. The molecule has 2 aliphatic heterocycles. The van der Waals surface area contributed by atoms with Gasteiger partial charge in [-0.1, -0.05) is 32.0 Å². The molecule has 1 aromatic carbocycles. The Balaban J connectivity index is 0.00000280. The Morgan fingerprint density at radius 1 is 1.25 bits per heavy atom. The Morgan fingerprint density at radius 2 is 1.96 bits per heavy atom. The van der Waals surface area contributed by atoms with Crippen molar-refractivity contribution in [1.82, 2.24) is 10.2 Å². The van der Waals surface area contributed by atoms with Gasteiger partial charge in [0.1, 0.15) is 0 Å². The van der Waals surface area contributed by atoms with Gasteiger partial charge in [0.25, 0.3) is 0 Å². The number of hydrogen-bond donors (Lipinski definition) is 1. The van der Waals surface area contributed by atoms with Crippen molar-refractivity contribution in [3.63, 3.8) is 0 Å². The van der Waals surface area contributed by atoms with E-state index >= 15 is 0 Å². The maximum atomic E-state index is 13.0. The maximum Gasteiger partial charge on any atom is 0.416 e. The van der Waals surface area contributed by atoms with Crippen molar-refractivity contribution in [3.8, 4) is 0 Å². The SMILES string of the molecule is CN=C(NCC(C)(C)c1cccc(C(F)(F)F)c1)N1CCC2(CCOC2)C1.I. The minimum absolute atomic E-state index is 0. The topological polar surface area (TPSA) is 36.9 Å². The summed E-state index contributed by atoms with van der Waals surface area (Å²) in [6.07, 6.45) is -2.16. The van der Waals surface area contributed by atoms with Crippen molar-refractivity contribution in [2.75, 3.05) is 39.9 Å². The number of hydrogen-bond acceptors (Lipinski definition) is 2. The largest absolute Gasteiger partial charge is 0.416 e.